The number of halogens is 2. The Morgan fingerprint density at radius 2 is 1.65 bits per heavy atom. The summed E-state index contributed by atoms with van der Waals surface area (Å²) in [6.45, 7) is 2.59. The first-order valence-electron chi connectivity index (χ1n) is 7.55. The summed E-state index contributed by atoms with van der Waals surface area (Å²) >= 11 is 0. The third-order valence-corrected chi connectivity index (χ3v) is 6.44. The molecule has 5 nitrogen and oxygen atoms in total. The molecule has 0 radical (unpaired) electrons. The average Bonchev–Trinajstić information content (AvgIpc) is 3.23. The number of carbonyl (C=O) groups is 1. The highest BCUT2D eigenvalue weighted by molar-refractivity contribution is 7.89. The molecule has 126 valence electrons. The molecule has 0 N–H and O–H groups in total. The first-order chi connectivity index (χ1) is 10.8. The van der Waals surface area contributed by atoms with Gasteiger partial charge >= 0.3 is 0 Å². The molecule has 2 aliphatic rings. The van der Waals surface area contributed by atoms with Gasteiger partial charge in [0.25, 0.3) is 0 Å². The van der Waals surface area contributed by atoms with Crippen molar-refractivity contribution in [2.45, 2.75) is 18.2 Å². The highest BCUT2D eigenvalue weighted by Gasteiger charge is 2.43. The summed E-state index contributed by atoms with van der Waals surface area (Å²) in [5.74, 6) is -1.73. The van der Waals surface area contributed by atoms with Gasteiger partial charge in [0.1, 0.15) is 11.6 Å². The lowest BCUT2D eigenvalue weighted by atomic mass is 10.2. The zero-order valence-electron chi connectivity index (χ0n) is 12.7. The Morgan fingerprint density at radius 1 is 1.13 bits per heavy atom. The molecule has 1 aliphatic heterocycles. The predicted molar refractivity (Wildman–Crippen MR) is 79.0 cm³/mol. The van der Waals surface area contributed by atoms with E-state index in [1.165, 1.54) is 0 Å². The van der Waals surface area contributed by atoms with Gasteiger partial charge in [-0.3, -0.25) is 4.79 Å². The molecule has 1 saturated heterocycles. The molecule has 0 unspecified atom stereocenters. The molecule has 1 amide bonds. The van der Waals surface area contributed by atoms with E-state index in [0.29, 0.717) is 5.92 Å². The lowest BCUT2D eigenvalue weighted by Gasteiger charge is -2.34. The van der Waals surface area contributed by atoms with Gasteiger partial charge in [0.05, 0.1) is 0 Å². The Bertz CT molecular complexity index is 710. The van der Waals surface area contributed by atoms with Crippen LogP contribution in [-0.4, -0.2) is 49.7 Å². The largest absolute Gasteiger partial charge is 0.340 e. The zero-order chi connectivity index (χ0) is 16.8. The zero-order valence-corrected chi connectivity index (χ0v) is 13.5. The Balaban J connectivity index is 1.73. The van der Waals surface area contributed by atoms with Crippen molar-refractivity contribution in [1.29, 1.82) is 0 Å². The Morgan fingerprint density at radius 3 is 2.13 bits per heavy atom. The fourth-order valence-corrected chi connectivity index (χ4v) is 4.44. The van der Waals surface area contributed by atoms with Gasteiger partial charge in [0.2, 0.25) is 15.9 Å². The van der Waals surface area contributed by atoms with Crippen LogP contribution in [0, 0.1) is 23.5 Å². The van der Waals surface area contributed by atoms with Gasteiger partial charge in [-0.1, -0.05) is 13.0 Å². The first-order valence-corrected chi connectivity index (χ1v) is 8.99. The Labute approximate surface area is 133 Å². The Hall–Kier alpha value is -1.54. The van der Waals surface area contributed by atoms with Crippen molar-refractivity contribution >= 4 is 15.9 Å². The van der Waals surface area contributed by atoms with E-state index in [2.05, 4.69) is 0 Å². The molecule has 1 aromatic carbocycles. The summed E-state index contributed by atoms with van der Waals surface area (Å²) in [6.07, 6.45) is 0.873. The van der Waals surface area contributed by atoms with Crippen LogP contribution >= 0.6 is 0 Å². The number of carbonyl (C=O) groups excluding carboxylic acids is 1. The van der Waals surface area contributed by atoms with Crippen molar-refractivity contribution < 1.29 is 22.0 Å². The molecule has 2 fully saturated rings. The molecule has 2 atom stereocenters. The second-order valence-corrected chi connectivity index (χ2v) is 7.97. The van der Waals surface area contributed by atoms with Crippen molar-refractivity contribution in [3.05, 3.63) is 29.8 Å². The molecule has 8 heteroatoms. The maximum absolute atomic E-state index is 13.8. The summed E-state index contributed by atoms with van der Waals surface area (Å²) in [6, 6.07) is 2.96. The summed E-state index contributed by atoms with van der Waals surface area (Å²) in [7, 11) is -4.24. The number of rotatable bonds is 3. The third kappa shape index (κ3) is 2.97. The van der Waals surface area contributed by atoms with E-state index in [9.17, 15) is 22.0 Å². The lowest BCUT2D eigenvalue weighted by Crippen LogP contribution is -2.51. The highest BCUT2D eigenvalue weighted by atomic mass is 32.2. The van der Waals surface area contributed by atoms with Gasteiger partial charge in [-0.25, -0.2) is 17.2 Å². The quantitative estimate of drug-likeness (QED) is 0.834. The molecular formula is C15H18F2N2O3S. The van der Waals surface area contributed by atoms with Crippen molar-refractivity contribution in [3.8, 4) is 0 Å². The smallest absolute Gasteiger partial charge is 0.249 e. The van der Waals surface area contributed by atoms with E-state index in [1.54, 1.807) is 4.90 Å². The molecule has 1 aromatic rings. The van der Waals surface area contributed by atoms with Crippen molar-refractivity contribution in [1.82, 2.24) is 9.21 Å². The van der Waals surface area contributed by atoms with Crippen molar-refractivity contribution in [2.24, 2.45) is 11.8 Å². The van der Waals surface area contributed by atoms with Gasteiger partial charge < -0.3 is 4.90 Å². The van der Waals surface area contributed by atoms with Gasteiger partial charge in [0.15, 0.2) is 4.90 Å². The highest BCUT2D eigenvalue weighted by Crippen LogP contribution is 2.39. The monoisotopic (exact) mass is 344 g/mol. The number of hydrogen-bond donors (Lipinski definition) is 0. The fourth-order valence-electron chi connectivity index (χ4n) is 2.91. The van der Waals surface area contributed by atoms with Crippen LogP contribution in [0.4, 0.5) is 8.78 Å². The average molecular weight is 344 g/mol. The maximum Gasteiger partial charge on any atom is 0.249 e. The van der Waals surface area contributed by atoms with E-state index >= 15 is 0 Å². The summed E-state index contributed by atoms with van der Waals surface area (Å²) in [5.41, 5.74) is 0. The number of hydrogen-bond acceptors (Lipinski definition) is 3. The number of piperazine rings is 1. The van der Waals surface area contributed by atoms with Crippen LogP contribution in [0.25, 0.3) is 0 Å². The van der Waals surface area contributed by atoms with Gasteiger partial charge in [0, 0.05) is 32.1 Å². The van der Waals surface area contributed by atoms with Crippen LogP contribution in [0.2, 0.25) is 0 Å². The maximum atomic E-state index is 13.8. The molecule has 3 rings (SSSR count). The SMILES string of the molecule is C[C@H]1C[C@@H]1C(=O)N1CCN(S(=O)(=O)c2c(F)cccc2F)CC1. The summed E-state index contributed by atoms with van der Waals surface area (Å²) in [5, 5.41) is 0. The second-order valence-electron chi connectivity index (χ2n) is 6.10. The molecule has 0 aromatic heterocycles. The standard InChI is InChI=1S/C15H18F2N2O3S/c1-10-9-11(10)15(20)18-5-7-19(8-6-18)23(21,22)14-12(16)3-2-4-13(14)17/h2-4,10-11H,5-9H2,1H3/t10-,11-/m0/s1. The van der Waals surface area contributed by atoms with Gasteiger partial charge in [-0.05, 0) is 24.5 Å². The van der Waals surface area contributed by atoms with Crippen LogP contribution in [0.1, 0.15) is 13.3 Å². The summed E-state index contributed by atoms with van der Waals surface area (Å²) < 4.78 is 53.4. The Kier molecular flexibility index (Phi) is 4.14. The molecule has 1 saturated carbocycles. The molecular weight excluding hydrogens is 326 g/mol. The van der Waals surface area contributed by atoms with E-state index in [4.69, 9.17) is 0 Å². The van der Waals surface area contributed by atoms with Crippen LogP contribution in [0.3, 0.4) is 0 Å². The van der Waals surface area contributed by atoms with Gasteiger partial charge in [-0.15, -0.1) is 0 Å². The predicted octanol–water partition coefficient (Wildman–Crippen LogP) is 1.45. The minimum absolute atomic E-state index is 0.0437. The molecule has 23 heavy (non-hydrogen) atoms. The number of nitrogens with zero attached hydrogens (tertiary/aromatic N) is 2. The first kappa shape index (κ1) is 16.3. The van der Waals surface area contributed by atoms with E-state index < -0.39 is 26.6 Å². The van der Waals surface area contributed by atoms with Crippen molar-refractivity contribution in [3.63, 3.8) is 0 Å². The number of sulfonamides is 1. The van der Waals surface area contributed by atoms with Crippen LogP contribution < -0.4 is 0 Å². The summed E-state index contributed by atoms with van der Waals surface area (Å²) in [4.78, 5) is 12.9. The fraction of sp³-hybridized carbons (Fsp3) is 0.533. The van der Waals surface area contributed by atoms with Gasteiger partial charge in [-0.2, -0.15) is 4.31 Å². The number of amides is 1. The van der Waals surface area contributed by atoms with E-state index in [-0.39, 0.29) is 38.0 Å². The third-order valence-electron chi connectivity index (χ3n) is 4.49. The molecule has 0 spiro atoms. The molecule has 1 aliphatic carbocycles. The minimum atomic E-state index is -4.24. The topological polar surface area (TPSA) is 57.7 Å². The van der Waals surface area contributed by atoms with Crippen LogP contribution in [0.5, 0.6) is 0 Å². The van der Waals surface area contributed by atoms with Crippen LogP contribution in [-0.2, 0) is 14.8 Å². The van der Waals surface area contributed by atoms with E-state index in [0.717, 1.165) is 28.9 Å². The normalized spacial score (nSPS) is 25.4. The number of benzene rings is 1. The minimum Gasteiger partial charge on any atom is -0.340 e. The van der Waals surface area contributed by atoms with Crippen LogP contribution in [0.15, 0.2) is 23.1 Å². The molecule has 1 heterocycles. The second kappa shape index (κ2) is 5.83. The molecule has 0 bridgehead atoms. The van der Waals surface area contributed by atoms with E-state index in [1.807, 2.05) is 6.92 Å². The van der Waals surface area contributed by atoms with Crippen molar-refractivity contribution in [2.75, 3.05) is 26.2 Å². The lowest BCUT2D eigenvalue weighted by molar-refractivity contribution is -0.134.